The third-order valence-electron chi connectivity index (χ3n) is 4.78. The summed E-state index contributed by atoms with van der Waals surface area (Å²) in [7, 11) is 0. The summed E-state index contributed by atoms with van der Waals surface area (Å²) in [6.07, 6.45) is 4.98. The summed E-state index contributed by atoms with van der Waals surface area (Å²) >= 11 is 0. The number of piperidine rings is 1. The maximum atomic E-state index is 13.2. The first-order valence-corrected chi connectivity index (χ1v) is 9.16. The number of pyridine rings is 1. The Balaban J connectivity index is 1.62. The van der Waals surface area contributed by atoms with Gasteiger partial charge in [0.2, 0.25) is 0 Å². The van der Waals surface area contributed by atoms with Gasteiger partial charge in [-0.05, 0) is 49.2 Å². The quantitative estimate of drug-likeness (QED) is 0.750. The minimum atomic E-state index is -0.285. The summed E-state index contributed by atoms with van der Waals surface area (Å²) in [5, 5.41) is 14.6. The maximum Gasteiger partial charge on any atom is 0.181 e. The molecule has 4 rings (SSSR count). The van der Waals surface area contributed by atoms with Crippen molar-refractivity contribution in [2.24, 2.45) is 0 Å². The number of benzene rings is 1. The molecule has 1 fully saturated rings. The highest BCUT2D eigenvalue weighted by atomic mass is 19.1. The van der Waals surface area contributed by atoms with Gasteiger partial charge in [0.1, 0.15) is 11.6 Å². The molecule has 1 aliphatic rings. The van der Waals surface area contributed by atoms with Crippen molar-refractivity contribution in [3.05, 3.63) is 66.0 Å². The number of aliphatic hydroxyl groups is 1. The fourth-order valence-corrected chi connectivity index (χ4v) is 3.38. The van der Waals surface area contributed by atoms with Gasteiger partial charge in [-0.15, -0.1) is 0 Å². The van der Waals surface area contributed by atoms with E-state index in [0.717, 1.165) is 36.3 Å². The zero-order chi connectivity index (χ0) is 18.6. The van der Waals surface area contributed by atoms with E-state index in [9.17, 15) is 9.50 Å². The van der Waals surface area contributed by atoms with Gasteiger partial charge in [0, 0.05) is 24.5 Å². The predicted molar refractivity (Wildman–Crippen MR) is 99.3 cm³/mol. The molecule has 1 aromatic carbocycles. The molecule has 0 amide bonds. The molecular formula is C20H22FN5O. The molecule has 3 aromatic rings. The fraction of sp³-hybridized carbons (Fsp3) is 0.350. The van der Waals surface area contributed by atoms with Crippen molar-refractivity contribution in [2.75, 3.05) is 13.1 Å². The van der Waals surface area contributed by atoms with E-state index in [1.54, 1.807) is 24.5 Å². The average Bonchev–Trinajstić information content (AvgIpc) is 3.07. The molecule has 1 unspecified atom stereocenters. The van der Waals surface area contributed by atoms with Crippen LogP contribution < -0.4 is 0 Å². The molecule has 0 saturated carbocycles. The molecule has 1 N–H and O–H groups in total. The third-order valence-corrected chi connectivity index (χ3v) is 4.78. The zero-order valence-corrected chi connectivity index (χ0v) is 15.0. The summed E-state index contributed by atoms with van der Waals surface area (Å²) in [4.78, 5) is 11.0. The highest BCUT2D eigenvalue weighted by molar-refractivity contribution is 5.53. The Morgan fingerprint density at radius 1 is 1.07 bits per heavy atom. The van der Waals surface area contributed by atoms with Gasteiger partial charge in [0.05, 0.1) is 19.2 Å². The Morgan fingerprint density at radius 2 is 1.85 bits per heavy atom. The number of likely N-dealkylation sites (tertiary alicyclic amines) is 1. The van der Waals surface area contributed by atoms with Crippen molar-refractivity contribution in [2.45, 2.75) is 32.0 Å². The predicted octanol–water partition coefficient (Wildman–Crippen LogP) is 2.48. The van der Waals surface area contributed by atoms with Crippen molar-refractivity contribution in [1.82, 2.24) is 24.6 Å². The van der Waals surface area contributed by atoms with Gasteiger partial charge in [0.25, 0.3) is 0 Å². The van der Waals surface area contributed by atoms with Gasteiger partial charge in [-0.2, -0.15) is 5.10 Å². The summed E-state index contributed by atoms with van der Waals surface area (Å²) in [6, 6.07) is 10.2. The lowest BCUT2D eigenvalue weighted by Gasteiger charge is -2.29. The number of hydrogen-bond donors (Lipinski definition) is 1. The molecule has 0 aliphatic carbocycles. The van der Waals surface area contributed by atoms with Crippen molar-refractivity contribution in [3.63, 3.8) is 0 Å². The van der Waals surface area contributed by atoms with E-state index < -0.39 is 0 Å². The molecule has 1 saturated heterocycles. The molecule has 1 aliphatic heterocycles. The van der Waals surface area contributed by atoms with Crippen LogP contribution in [0.15, 0.2) is 48.8 Å². The van der Waals surface area contributed by atoms with Crippen LogP contribution in [0.25, 0.3) is 11.4 Å². The number of nitrogens with zero attached hydrogens (tertiary/aromatic N) is 5. The largest absolute Gasteiger partial charge is 0.392 e. The van der Waals surface area contributed by atoms with Crippen LogP contribution in [0.4, 0.5) is 4.39 Å². The van der Waals surface area contributed by atoms with Crippen LogP contribution in [0, 0.1) is 5.82 Å². The Hall–Kier alpha value is -2.64. The Labute approximate surface area is 157 Å². The molecule has 7 heteroatoms. The first kappa shape index (κ1) is 17.8. The number of aliphatic hydroxyl groups excluding tert-OH is 1. The zero-order valence-electron chi connectivity index (χ0n) is 15.0. The maximum absolute atomic E-state index is 13.2. The SMILES string of the molecule is OC1CCCN(Cc2nc(-c3ccncc3)nn2Cc2ccc(F)cc2)C1. The molecule has 2 aromatic heterocycles. The number of rotatable bonds is 5. The van der Waals surface area contributed by atoms with Crippen LogP contribution in [0.5, 0.6) is 0 Å². The number of hydrogen-bond acceptors (Lipinski definition) is 5. The van der Waals surface area contributed by atoms with E-state index in [1.807, 2.05) is 16.8 Å². The molecule has 27 heavy (non-hydrogen) atoms. The molecule has 0 spiro atoms. The smallest absolute Gasteiger partial charge is 0.181 e. The van der Waals surface area contributed by atoms with Gasteiger partial charge in [-0.25, -0.2) is 14.1 Å². The standard InChI is InChI=1S/C20H22FN5O/c21-17-5-3-15(4-6-17)12-26-19(14-25-11-1-2-18(27)13-25)23-20(24-26)16-7-9-22-10-8-16/h3-10,18,27H,1-2,11-14H2. The van der Waals surface area contributed by atoms with E-state index in [4.69, 9.17) is 4.98 Å². The highest BCUT2D eigenvalue weighted by Crippen LogP contribution is 2.18. The number of aromatic nitrogens is 4. The number of β-amino-alcohol motifs (C(OH)–C–C–N with tert-alkyl or cyclic N) is 1. The monoisotopic (exact) mass is 367 g/mol. The van der Waals surface area contributed by atoms with E-state index >= 15 is 0 Å². The molecular weight excluding hydrogens is 345 g/mol. The van der Waals surface area contributed by atoms with Gasteiger partial charge < -0.3 is 5.11 Å². The lowest BCUT2D eigenvalue weighted by molar-refractivity contribution is 0.0648. The van der Waals surface area contributed by atoms with Crippen LogP contribution in [-0.2, 0) is 13.1 Å². The summed E-state index contributed by atoms with van der Waals surface area (Å²) < 4.78 is 15.1. The molecule has 1 atom stereocenters. The van der Waals surface area contributed by atoms with Crippen LogP contribution in [0.3, 0.4) is 0 Å². The van der Waals surface area contributed by atoms with E-state index in [1.165, 1.54) is 12.1 Å². The van der Waals surface area contributed by atoms with Crippen molar-refractivity contribution >= 4 is 0 Å². The average molecular weight is 367 g/mol. The molecule has 140 valence electrons. The van der Waals surface area contributed by atoms with Crippen molar-refractivity contribution in [3.8, 4) is 11.4 Å². The normalized spacial score (nSPS) is 17.9. The fourth-order valence-electron chi connectivity index (χ4n) is 3.38. The second-order valence-electron chi connectivity index (χ2n) is 6.90. The summed E-state index contributed by atoms with van der Waals surface area (Å²) in [5.41, 5.74) is 1.87. The molecule has 0 radical (unpaired) electrons. The summed E-state index contributed by atoms with van der Waals surface area (Å²) in [6.45, 7) is 2.72. The van der Waals surface area contributed by atoms with Gasteiger partial charge in [0.15, 0.2) is 5.82 Å². The molecule has 6 nitrogen and oxygen atoms in total. The van der Waals surface area contributed by atoms with Crippen molar-refractivity contribution < 1.29 is 9.50 Å². The Bertz CT molecular complexity index is 881. The highest BCUT2D eigenvalue weighted by Gasteiger charge is 2.21. The van der Waals surface area contributed by atoms with E-state index in [-0.39, 0.29) is 11.9 Å². The summed E-state index contributed by atoms with van der Waals surface area (Å²) in [5.74, 6) is 1.23. The van der Waals surface area contributed by atoms with Crippen LogP contribution >= 0.6 is 0 Å². The minimum Gasteiger partial charge on any atom is -0.392 e. The van der Waals surface area contributed by atoms with Gasteiger partial charge in [-0.3, -0.25) is 9.88 Å². The lowest BCUT2D eigenvalue weighted by Crippen LogP contribution is -2.38. The lowest BCUT2D eigenvalue weighted by atomic mass is 10.1. The first-order chi connectivity index (χ1) is 13.2. The first-order valence-electron chi connectivity index (χ1n) is 9.16. The topological polar surface area (TPSA) is 67.1 Å². The van der Waals surface area contributed by atoms with Gasteiger partial charge in [-0.1, -0.05) is 12.1 Å². The van der Waals surface area contributed by atoms with E-state index in [0.29, 0.717) is 25.5 Å². The molecule has 0 bridgehead atoms. The number of halogens is 1. The van der Waals surface area contributed by atoms with Crippen LogP contribution in [-0.4, -0.2) is 48.9 Å². The Kier molecular flexibility index (Phi) is 5.22. The van der Waals surface area contributed by atoms with Crippen molar-refractivity contribution in [1.29, 1.82) is 0 Å². The Morgan fingerprint density at radius 3 is 2.59 bits per heavy atom. The second-order valence-corrected chi connectivity index (χ2v) is 6.90. The van der Waals surface area contributed by atoms with Crippen LogP contribution in [0.1, 0.15) is 24.2 Å². The second kappa shape index (κ2) is 7.94. The van der Waals surface area contributed by atoms with Gasteiger partial charge >= 0.3 is 0 Å². The van der Waals surface area contributed by atoms with E-state index in [2.05, 4.69) is 15.0 Å². The minimum absolute atomic E-state index is 0.252. The third kappa shape index (κ3) is 4.37. The van der Waals surface area contributed by atoms with Crippen LogP contribution in [0.2, 0.25) is 0 Å². The molecule has 3 heterocycles.